The van der Waals surface area contributed by atoms with E-state index in [0.717, 1.165) is 31.4 Å². The monoisotopic (exact) mass is 291 g/mol. The summed E-state index contributed by atoms with van der Waals surface area (Å²) >= 11 is 0. The topological polar surface area (TPSA) is 70.4 Å². The predicted octanol–water partition coefficient (Wildman–Crippen LogP) is 3.05. The van der Waals surface area contributed by atoms with E-state index in [9.17, 15) is 9.90 Å². The number of aliphatic hydroxyl groups is 2. The SMILES string of the molecule is CCCCCC(O)c1cccc(C=CCCC(=O)CO)n1. The van der Waals surface area contributed by atoms with Crippen molar-refractivity contribution in [3.05, 3.63) is 35.7 Å². The number of carbonyl (C=O) groups is 1. The fraction of sp³-hybridized carbons (Fsp3) is 0.529. The maximum absolute atomic E-state index is 11.0. The predicted molar refractivity (Wildman–Crippen MR) is 83.7 cm³/mol. The number of hydrogen-bond acceptors (Lipinski definition) is 4. The van der Waals surface area contributed by atoms with Crippen molar-refractivity contribution in [1.29, 1.82) is 0 Å². The van der Waals surface area contributed by atoms with E-state index in [1.54, 1.807) is 0 Å². The van der Waals surface area contributed by atoms with Crippen LogP contribution in [0.5, 0.6) is 0 Å². The highest BCUT2D eigenvalue weighted by Crippen LogP contribution is 2.18. The minimum absolute atomic E-state index is 0.160. The minimum Gasteiger partial charge on any atom is -0.389 e. The van der Waals surface area contributed by atoms with Gasteiger partial charge in [-0.15, -0.1) is 0 Å². The number of pyridine rings is 1. The van der Waals surface area contributed by atoms with Crippen LogP contribution >= 0.6 is 0 Å². The average molecular weight is 291 g/mol. The Morgan fingerprint density at radius 2 is 2.19 bits per heavy atom. The second-order valence-electron chi connectivity index (χ2n) is 5.14. The summed E-state index contributed by atoms with van der Waals surface area (Å²) in [6.45, 7) is 1.74. The molecule has 1 atom stereocenters. The molecule has 0 aliphatic rings. The number of aromatic nitrogens is 1. The smallest absolute Gasteiger partial charge is 0.158 e. The Bertz CT molecular complexity index is 457. The van der Waals surface area contributed by atoms with Crippen LogP contribution in [0.3, 0.4) is 0 Å². The lowest BCUT2D eigenvalue weighted by Gasteiger charge is -2.10. The molecular weight excluding hydrogens is 266 g/mol. The summed E-state index contributed by atoms with van der Waals surface area (Å²) in [7, 11) is 0. The first-order valence-electron chi connectivity index (χ1n) is 7.61. The van der Waals surface area contributed by atoms with Gasteiger partial charge in [-0.1, -0.05) is 38.3 Å². The Hall–Kier alpha value is -1.52. The summed E-state index contributed by atoms with van der Waals surface area (Å²) in [6, 6.07) is 5.58. The Kier molecular flexibility index (Phi) is 8.55. The second kappa shape index (κ2) is 10.2. The molecule has 4 heteroatoms. The van der Waals surface area contributed by atoms with Crippen LogP contribution in [-0.4, -0.2) is 27.6 Å². The Morgan fingerprint density at radius 1 is 1.38 bits per heavy atom. The van der Waals surface area contributed by atoms with Gasteiger partial charge in [-0.05, 0) is 31.1 Å². The molecule has 0 saturated carbocycles. The van der Waals surface area contributed by atoms with E-state index in [0.29, 0.717) is 18.5 Å². The first-order chi connectivity index (χ1) is 10.2. The molecule has 116 valence electrons. The fourth-order valence-corrected chi connectivity index (χ4v) is 2.01. The maximum Gasteiger partial charge on any atom is 0.158 e. The van der Waals surface area contributed by atoms with Crippen molar-refractivity contribution in [1.82, 2.24) is 4.98 Å². The third-order valence-electron chi connectivity index (χ3n) is 3.27. The van der Waals surface area contributed by atoms with E-state index in [1.807, 2.05) is 30.4 Å². The number of rotatable bonds is 10. The van der Waals surface area contributed by atoms with Crippen LogP contribution in [0.25, 0.3) is 6.08 Å². The molecule has 0 amide bonds. The molecule has 0 aliphatic carbocycles. The number of Topliss-reactive ketones (excluding diaryl/α,β-unsaturated/α-hetero) is 1. The largest absolute Gasteiger partial charge is 0.389 e. The summed E-state index contributed by atoms with van der Waals surface area (Å²) in [6.07, 6.45) is 8.11. The van der Waals surface area contributed by atoms with Gasteiger partial charge in [0, 0.05) is 6.42 Å². The van der Waals surface area contributed by atoms with E-state index < -0.39 is 12.7 Å². The molecule has 0 aromatic carbocycles. The first kappa shape index (κ1) is 17.5. The zero-order chi connectivity index (χ0) is 15.5. The van der Waals surface area contributed by atoms with Crippen molar-refractivity contribution >= 4 is 11.9 Å². The fourth-order valence-electron chi connectivity index (χ4n) is 2.01. The summed E-state index contributed by atoms with van der Waals surface area (Å²) in [5, 5.41) is 18.7. The number of ketones is 1. The molecule has 1 heterocycles. The van der Waals surface area contributed by atoms with Crippen LogP contribution in [0.4, 0.5) is 0 Å². The molecule has 1 rings (SSSR count). The van der Waals surface area contributed by atoms with Gasteiger partial charge in [-0.2, -0.15) is 0 Å². The van der Waals surface area contributed by atoms with Gasteiger partial charge in [-0.25, -0.2) is 0 Å². The number of aliphatic hydroxyl groups excluding tert-OH is 2. The van der Waals surface area contributed by atoms with E-state index in [2.05, 4.69) is 11.9 Å². The lowest BCUT2D eigenvalue weighted by molar-refractivity contribution is -0.121. The van der Waals surface area contributed by atoms with Crippen LogP contribution in [0.2, 0.25) is 0 Å². The van der Waals surface area contributed by atoms with Gasteiger partial charge in [0.1, 0.15) is 6.61 Å². The van der Waals surface area contributed by atoms with Crippen LogP contribution < -0.4 is 0 Å². The highest BCUT2D eigenvalue weighted by molar-refractivity contribution is 5.79. The minimum atomic E-state index is -0.513. The molecule has 0 bridgehead atoms. The normalized spacial score (nSPS) is 12.7. The summed E-state index contributed by atoms with van der Waals surface area (Å²) in [5.74, 6) is -0.160. The zero-order valence-electron chi connectivity index (χ0n) is 12.7. The van der Waals surface area contributed by atoms with Gasteiger partial charge in [-0.3, -0.25) is 9.78 Å². The summed E-state index contributed by atoms with van der Waals surface area (Å²) < 4.78 is 0. The summed E-state index contributed by atoms with van der Waals surface area (Å²) in [4.78, 5) is 15.4. The molecule has 0 spiro atoms. The van der Waals surface area contributed by atoms with Gasteiger partial charge in [0.2, 0.25) is 0 Å². The standard InChI is InChI=1S/C17H25NO3/c1-2-3-4-12-17(21)16-11-7-9-14(18-16)8-5-6-10-15(20)13-19/h5,7-9,11,17,19,21H,2-4,6,10,12-13H2,1H3. The number of nitrogens with zero attached hydrogens (tertiary/aromatic N) is 1. The molecule has 1 aromatic rings. The lowest BCUT2D eigenvalue weighted by atomic mass is 10.1. The lowest BCUT2D eigenvalue weighted by Crippen LogP contribution is -2.02. The van der Waals surface area contributed by atoms with Crippen molar-refractivity contribution in [3.8, 4) is 0 Å². The van der Waals surface area contributed by atoms with Crippen molar-refractivity contribution in [2.45, 2.75) is 51.6 Å². The molecule has 0 radical (unpaired) electrons. The number of allylic oxidation sites excluding steroid dienone is 1. The van der Waals surface area contributed by atoms with E-state index in [4.69, 9.17) is 5.11 Å². The Morgan fingerprint density at radius 3 is 2.90 bits per heavy atom. The van der Waals surface area contributed by atoms with Crippen LogP contribution in [0, 0.1) is 0 Å². The highest BCUT2D eigenvalue weighted by Gasteiger charge is 2.08. The van der Waals surface area contributed by atoms with Crippen molar-refractivity contribution in [2.75, 3.05) is 6.61 Å². The summed E-state index contributed by atoms with van der Waals surface area (Å²) in [5.41, 5.74) is 1.47. The van der Waals surface area contributed by atoms with E-state index in [-0.39, 0.29) is 5.78 Å². The van der Waals surface area contributed by atoms with E-state index in [1.165, 1.54) is 0 Å². The first-order valence-corrected chi connectivity index (χ1v) is 7.61. The number of unbranched alkanes of at least 4 members (excludes halogenated alkanes) is 2. The quantitative estimate of drug-likeness (QED) is 0.650. The molecule has 0 aliphatic heterocycles. The molecule has 0 saturated heterocycles. The van der Waals surface area contributed by atoms with Gasteiger partial charge in [0.25, 0.3) is 0 Å². The molecule has 1 aromatic heterocycles. The van der Waals surface area contributed by atoms with Crippen LogP contribution in [-0.2, 0) is 4.79 Å². The third-order valence-corrected chi connectivity index (χ3v) is 3.27. The maximum atomic E-state index is 11.0. The van der Waals surface area contributed by atoms with Gasteiger partial charge in [0.05, 0.1) is 17.5 Å². The van der Waals surface area contributed by atoms with Crippen molar-refractivity contribution < 1.29 is 15.0 Å². The molecule has 21 heavy (non-hydrogen) atoms. The number of carbonyl (C=O) groups excluding carboxylic acids is 1. The van der Waals surface area contributed by atoms with Crippen LogP contribution in [0.1, 0.15) is 62.9 Å². The molecular formula is C17H25NO3. The van der Waals surface area contributed by atoms with Crippen LogP contribution in [0.15, 0.2) is 24.3 Å². The third kappa shape index (κ3) is 7.16. The molecule has 4 nitrogen and oxygen atoms in total. The second-order valence-corrected chi connectivity index (χ2v) is 5.14. The van der Waals surface area contributed by atoms with Gasteiger partial charge >= 0.3 is 0 Å². The average Bonchev–Trinajstić information content (AvgIpc) is 2.51. The Labute approximate surface area is 126 Å². The highest BCUT2D eigenvalue weighted by atomic mass is 16.3. The molecule has 2 N–H and O–H groups in total. The van der Waals surface area contributed by atoms with E-state index >= 15 is 0 Å². The van der Waals surface area contributed by atoms with Gasteiger partial charge < -0.3 is 10.2 Å². The number of hydrogen-bond donors (Lipinski definition) is 2. The molecule has 0 fully saturated rings. The molecule has 1 unspecified atom stereocenters. The van der Waals surface area contributed by atoms with Crippen molar-refractivity contribution in [2.24, 2.45) is 0 Å². The zero-order valence-corrected chi connectivity index (χ0v) is 12.7. The van der Waals surface area contributed by atoms with Gasteiger partial charge in [0.15, 0.2) is 5.78 Å². The van der Waals surface area contributed by atoms with Crippen molar-refractivity contribution in [3.63, 3.8) is 0 Å². The Balaban J connectivity index is 2.51.